The van der Waals surface area contributed by atoms with Gasteiger partial charge in [-0.3, -0.25) is 4.79 Å². The molecule has 0 aromatic heterocycles. The monoisotopic (exact) mass is 406 g/mol. The van der Waals surface area contributed by atoms with Crippen LogP contribution in [0, 0.1) is 11.8 Å². The zero-order valence-corrected chi connectivity index (χ0v) is 17.5. The molecule has 6 nitrogen and oxygen atoms in total. The third-order valence-corrected chi connectivity index (χ3v) is 7.86. The molecule has 1 aromatic rings. The maximum Gasteiger partial charge on any atom is 0.244 e. The van der Waals surface area contributed by atoms with Gasteiger partial charge in [0, 0.05) is 25.2 Å². The lowest BCUT2D eigenvalue weighted by Gasteiger charge is -2.34. The first-order chi connectivity index (χ1) is 13.4. The predicted octanol–water partition coefficient (Wildman–Crippen LogP) is 2.66. The molecule has 3 atom stereocenters. The van der Waals surface area contributed by atoms with Gasteiger partial charge in [0.1, 0.15) is 0 Å². The fourth-order valence-corrected chi connectivity index (χ4v) is 5.28. The van der Waals surface area contributed by atoms with Crippen LogP contribution in [0.5, 0.6) is 0 Å². The number of amides is 1. The molecule has 1 aliphatic carbocycles. The van der Waals surface area contributed by atoms with Crippen LogP contribution in [0.1, 0.15) is 38.7 Å². The zero-order chi connectivity index (χ0) is 20.1. The molecule has 1 saturated carbocycles. The Balaban J connectivity index is 1.59. The minimum absolute atomic E-state index is 0.101. The molecule has 0 bridgehead atoms. The van der Waals surface area contributed by atoms with Crippen molar-refractivity contribution >= 4 is 22.0 Å². The second-order valence-electron chi connectivity index (χ2n) is 7.80. The molecule has 1 aliphatic heterocycles. The Kier molecular flexibility index (Phi) is 6.91. The number of rotatable bonds is 5. The van der Waals surface area contributed by atoms with Crippen molar-refractivity contribution in [3.63, 3.8) is 0 Å². The van der Waals surface area contributed by atoms with E-state index in [1.165, 1.54) is 16.8 Å². The average molecular weight is 407 g/mol. The van der Waals surface area contributed by atoms with E-state index >= 15 is 0 Å². The summed E-state index contributed by atoms with van der Waals surface area (Å²) in [6.07, 6.45) is 6.65. The summed E-state index contributed by atoms with van der Waals surface area (Å²) in [7, 11) is -3.49. The highest BCUT2D eigenvalue weighted by Gasteiger charge is 2.28. The molecule has 1 saturated heterocycles. The smallest absolute Gasteiger partial charge is 0.244 e. The van der Waals surface area contributed by atoms with Gasteiger partial charge in [-0.25, -0.2) is 8.42 Å². The Morgan fingerprint density at radius 1 is 1.14 bits per heavy atom. The Morgan fingerprint density at radius 2 is 1.82 bits per heavy atom. The van der Waals surface area contributed by atoms with E-state index < -0.39 is 10.0 Å². The Labute approximate surface area is 168 Å². The summed E-state index contributed by atoms with van der Waals surface area (Å²) in [5.74, 6) is 1.01. The standard InChI is InChI=1S/C21H30N2O4S/c1-16-4-3-5-20(17(16)2)22-21(24)11-8-18-6-9-19(10-7-18)28(25,26)23-12-14-27-15-13-23/h6-11,16-17,20H,3-5,12-15H2,1-2H3,(H,22,24)/b11-8+. The van der Waals surface area contributed by atoms with E-state index in [2.05, 4.69) is 19.2 Å². The van der Waals surface area contributed by atoms with Crippen LogP contribution >= 0.6 is 0 Å². The second kappa shape index (κ2) is 9.20. The van der Waals surface area contributed by atoms with Crippen molar-refractivity contribution < 1.29 is 17.9 Å². The highest BCUT2D eigenvalue weighted by molar-refractivity contribution is 7.89. The van der Waals surface area contributed by atoms with E-state index in [1.54, 1.807) is 30.3 Å². The van der Waals surface area contributed by atoms with Crippen LogP contribution in [0.2, 0.25) is 0 Å². The first-order valence-corrected chi connectivity index (χ1v) is 11.5. The van der Waals surface area contributed by atoms with Crippen LogP contribution in [0.15, 0.2) is 35.2 Å². The maximum atomic E-state index is 12.6. The molecule has 28 heavy (non-hydrogen) atoms. The Bertz CT molecular complexity index is 798. The number of carbonyl (C=O) groups excluding carboxylic acids is 1. The van der Waals surface area contributed by atoms with Crippen molar-refractivity contribution in [1.82, 2.24) is 9.62 Å². The third kappa shape index (κ3) is 5.01. The van der Waals surface area contributed by atoms with Crippen molar-refractivity contribution in [1.29, 1.82) is 0 Å². The van der Waals surface area contributed by atoms with E-state index in [0.717, 1.165) is 18.4 Å². The normalized spacial score (nSPS) is 27.0. The molecule has 154 valence electrons. The van der Waals surface area contributed by atoms with Crippen LogP contribution in [-0.4, -0.2) is 51.0 Å². The topological polar surface area (TPSA) is 75.7 Å². The summed E-state index contributed by atoms with van der Waals surface area (Å²) in [6, 6.07) is 6.85. The van der Waals surface area contributed by atoms with Crippen molar-refractivity contribution in [3.8, 4) is 0 Å². The molecule has 1 heterocycles. The molecule has 0 radical (unpaired) electrons. The van der Waals surface area contributed by atoms with Gasteiger partial charge in [0.05, 0.1) is 18.1 Å². The summed E-state index contributed by atoms with van der Waals surface area (Å²) >= 11 is 0. The minimum Gasteiger partial charge on any atom is -0.379 e. The molecular weight excluding hydrogens is 376 g/mol. The van der Waals surface area contributed by atoms with Crippen LogP contribution < -0.4 is 5.32 Å². The molecule has 1 N–H and O–H groups in total. The van der Waals surface area contributed by atoms with Crippen molar-refractivity contribution in [2.24, 2.45) is 11.8 Å². The number of carbonyl (C=O) groups is 1. The number of benzene rings is 1. The number of hydrogen-bond donors (Lipinski definition) is 1. The molecule has 1 amide bonds. The SMILES string of the molecule is CC1CCCC(NC(=O)/C=C/c2ccc(S(=O)(=O)N3CCOCC3)cc2)C1C. The van der Waals surface area contributed by atoms with Gasteiger partial charge >= 0.3 is 0 Å². The minimum atomic E-state index is -3.49. The molecule has 2 aliphatic rings. The summed E-state index contributed by atoms with van der Waals surface area (Å²) in [5, 5.41) is 3.11. The van der Waals surface area contributed by atoms with E-state index in [-0.39, 0.29) is 16.8 Å². The predicted molar refractivity (Wildman–Crippen MR) is 109 cm³/mol. The van der Waals surface area contributed by atoms with Gasteiger partial charge in [0.2, 0.25) is 15.9 Å². The first-order valence-electron chi connectivity index (χ1n) is 10.0. The van der Waals surface area contributed by atoms with E-state index in [9.17, 15) is 13.2 Å². The van der Waals surface area contributed by atoms with E-state index in [4.69, 9.17) is 4.74 Å². The fraction of sp³-hybridized carbons (Fsp3) is 0.571. The van der Waals surface area contributed by atoms with Gasteiger partial charge in [0.15, 0.2) is 0 Å². The molecule has 3 unspecified atom stereocenters. The molecule has 0 spiro atoms. The number of sulfonamides is 1. The number of morpholine rings is 1. The molecule has 2 fully saturated rings. The lowest BCUT2D eigenvalue weighted by Crippen LogP contribution is -2.43. The van der Waals surface area contributed by atoms with Crippen LogP contribution in [-0.2, 0) is 19.6 Å². The first kappa shape index (κ1) is 21.0. The zero-order valence-electron chi connectivity index (χ0n) is 16.6. The van der Waals surface area contributed by atoms with Gasteiger partial charge in [-0.05, 0) is 42.0 Å². The molecule has 7 heteroatoms. The summed E-state index contributed by atoms with van der Waals surface area (Å²) in [4.78, 5) is 12.5. The Morgan fingerprint density at radius 3 is 2.50 bits per heavy atom. The van der Waals surface area contributed by atoms with Crippen molar-refractivity contribution in [3.05, 3.63) is 35.9 Å². The molecular formula is C21H30N2O4S. The van der Waals surface area contributed by atoms with Gasteiger partial charge < -0.3 is 10.1 Å². The fourth-order valence-electron chi connectivity index (χ4n) is 3.88. The summed E-state index contributed by atoms with van der Waals surface area (Å²) < 4.78 is 31.9. The summed E-state index contributed by atoms with van der Waals surface area (Å²) in [6.45, 7) is 6.04. The Hall–Kier alpha value is -1.70. The van der Waals surface area contributed by atoms with Crippen LogP contribution in [0.3, 0.4) is 0 Å². The second-order valence-corrected chi connectivity index (χ2v) is 9.74. The van der Waals surface area contributed by atoms with E-state index in [0.29, 0.717) is 38.1 Å². The van der Waals surface area contributed by atoms with E-state index in [1.807, 2.05) is 0 Å². The lowest BCUT2D eigenvalue weighted by atomic mass is 9.78. The molecule has 3 rings (SSSR count). The number of ether oxygens (including phenoxy) is 1. The van der Waals surface area contributed by atoms with Gasteiger partial charge in [-0.1, -0.05) is 38.8 Å². The highest BCUT2D eigenvalue weighted by atomic mass is 32.2. The van der Waals surface area contributed by atoms with Gasteiger partial charge in [0.25, 0.3) is 0 Å². The van der Waals surface area contributed by atoms with Crippen LogP contribution in [0.25, 0.3) is 6.08 Å². The van der Waals surface area contributed by atoms with Gasteiger partial charge in [-0.2, -0.15) is 4.31 Å². The largest absolute Gasteiger partial charge is 0.379 e. The number of nitrogens with zero attached hydrogens (tertiary/aromatic N) is 1. The maximum absolute atomic E-state index is 12.6. The summed E-state index contributed by atoms with van der Waals surface area (Å²) in [5.41, 5.74) is 0.793. The number of nitrogens with one attached hydrogen (secondary N) is 1. The number of hydrogen-bond acceptors (Lipinski definition) is 4. The highest BCUT2D eigenvalue weighted by Crippen LogP contribution is 2.29. The lowest BCUT2D eigenvalue weighted by molar-refractivity contribution is -0.117. The van der Waals surface area contributed by atoms with Crippen molar-refractivity contribution in [2.75, 3.05) is 26.3 Å². The quantitative estimate of drug-likeness (QED) is 0.763. The third-order valence-electron chi connectivity index (χ3n) is 5.95. The van der Waals surface area contributed by atoms with Gasteiger partial charge in [-0.15, -0.1) is 0 Å². The average Bonchev–Trinajstić information content (AvgIpc) is 2.71. The van der Waals surface area contributed by atoms with Crippen LogP contribution in [0.4, 0.5) is 0 Å². The molecule has 1 aromatic carbocycles. The van der Waals surface area contributed by atoms with Crippen molar-refractivity contribution in [2.45, 2.75) is 44.0 Å².